The summed E-state index contributed by atoms with van der Waals surface area (Å²) in [4.78, 5) is 0. The molecule has 0 heterocycles. The summed E-state index contributed by atoms with van der Waals surface area (Å²) < 4.78 is 35.7. The van der Waals surface area contributed by atoms with Crippen molar-refractivity contribution in [2.24, 2.45) is 5.92 Å². The van der Waals surface area contributed by atoms with E-state index in [1.165, 1.54) is 0 Å². The summed E-state index contributed by atoms with van der Waals surface area (Å²) in [6, 6.07) is 0. The lowest BCUT2D eigenvalue weighted by Gasteiger charge is -2.25. The first kappa shape index (κ1) is 12.3. The molecular weight excluding hydrogens is 227 g/mol. The van der Waals surface area contributed by atoms with E-state index in [0.717, 1.165) is 6.42 Å². The number of hydrogen-bond acceptors (Lipinski definition) is 4. The summed E-state index contributed by atoms with van der Waals surface area (Å²) in [5, 5.41) is 0. The van der Waals surface area contributed by atoms with Crippen LogP contribution in [0.4, 0.5) is 0 Å². The van der Waals surface area contributed by atoms with Gasteiger partial charge in [0.15, 0.2) is 0 Å². The fourth-order valence-electron chi connectivity index (χ4n) is 1.54. The van der Waals surface area contributed by atoms with Crippen molar-refractivity contribution in [1.82, 2.24) is 0 Å². The van der Waals surface area contributed by atoms with Crippen LogP contribution in [0.5, 0.6) is 0 Å². The van der Waals surface area contributed by atoms with Gasteiger partial charge in [0.2, 0.25) is 0 Å². The molecule has 1 rings (SSSR count). The summed E-state index contributed by atoms with van der Waals surface area (Å²) in [6.45, 7) is 5.91. The van der Waals surface area contributed by atoms with Crippen molar-refractivity contribution in [2.75, 3.05) is 13.2 Å². The normalized spacial score (nSPS) is 31.4. The van der Waals surface area contributed by atoms with Crippen LogP contribution in [0.15, 0.2) is 12.2 Å². The average Bonchev–Trinajstić information content (AvgIpc) is 2.15. The molecule has 0 N–H and O–H groups in total. The van der Waals surface area contributed by atoms with Gasteiger partial charge in [-0.25, -0.2) is 4.57 Å². The molecule has 4 nitrogen and oxygen atoms in total. The van der Waals surface area contributed by atoms with Gasteiger partial charge in [0.25, 0.3) is 0 Å². The smallest absolute Gasteiger partial charge is 0.287 e. The summed E-state index contributed by atoms with van der Waals surface area (Å²) in [5.41, 5.74) is 0. The number of phosphoric ester groups is 1. The third-order valence-corrected chi connectivity index (χ3v) is 3.80. The van der Waals surface area contributed by atoms with E-state index in [9.17, 15) is 4.57 Å². The Bertz CT molecular complexity index is 311. The molecule has 16 heavy (non-hydrogen) atoms. The van der Waals surface area contributed by atoms with Crippen molar-refractivity contribution in [3.8, 4) is 0 Å². The fraction of sp³-hybridized carbons (Fsp3) is 0.818. The first-order chi connectivity index (χ1) is 7.93. The van der Waals surface area contributed by atoms with E-state index in [-0.39, 0.29) is 13.2 Å². The van der Waals surface area contributed by atoms with Gasteiger partial charge in [-0.3, -0.25) is 13.6 Å². The number of allylic oxidation sites excluding steroid dienone is 1. The predicted octanol–water partition coefficient (Wildman–Crippen LogP) is 3.54. The highest BCUT2D eigenvalue weighted by Crippen LogP contribution is 2.51. The summed E-state index contributed by atoms with van der Waals surface area (Å²) in [7, 11) is -3.62. The largest absolute Gasteiger partial charge is 0.475 e. The van der Waals surface area contributed by atoms with Crippen molar-refractivity contribution in [2.45, 2.75) is 39.7 Å². The van der Waals surface area contributed by atoms with Crippen LogP contribution < -0.4 is 0 Å². The van der Waals surface area contributed by atoms with E-state index < -0.39 is 13.9 Å². The Labute approximate surface area is 99.0 Å². The Morgan fingerprint density at radius 2 is 2.06 bits per heavy atom. The molecule has 0 spiro atoms. The van der Waals surface area contributed by atoms with E-state index in [0.29, 0.717) is 12.3 Å². The fourth-order valence-corrected chi connectivity index (χ4v) is 2.78. The molecule has 0 saturated carbocycles. The molecular formula is C11H21O4P. The van der Waals surface area contributed by atoms with Crippen molar-refractivity contribution in [3.63, 3.8) is 0 Å². The minimum atomic E-state index is -3.62. The first-order valence-electron chi connectivity index (χ1n) is 6.20. The number of rotatable bonds is 6. The SMILES string of the molecule is [2H][C@]1(OP(=O)(OCC)OCC)C=CC[C@@H](C)C1. The Hall–Kier alpha value is -0.150. The van der Waals surface area contributed by atoms with E-state index in [2.05, 4.69) is 0 Å². The Morgan fingerprint density at radius 3 is 2.56 bits per heavy atom. The topological polar surface area (TPSA) is 44.8 Å². The lowest BCUT2D eigenvalue weighted by Crippen LogP contribution is -2.17. The highest BCUT2D eigenvalue weighted by atomic mass is 31.2. The Kier molecular flexibility index (Phi) is 5.04. The third kappa shape index (κ3) is 4.38. The second-order valence-electron chi connectivity index (χ2n) is 3.79. The summed E-state index contributed by atoms with van der Waals surface area (Å²) >= 11 is 0. The van der Waals surface area contributed by atoms with Gasteiger partial charge in [-0.1, -0.05) is 19.1 Å². The molecule has 0 radical (unpaired) electrons. The van der Waals surface area contributed by atoms with Gasteiger partial charge in [-0.15, -0.1) is 0 Å². The standard InChI is InChI=1S/C11H21O4P/c1-4-13-16(12,14-5-2)15-11-8-6-7-10(3)9-11/h6,8,10-11H,4-5,7,9H2,1-3H3/t10-,11+/m1/s1/i11D. The predicted molar refractivity (Wildman–Crippen MR) is 63.3 cm³/mol. The van der Waals surface area contributed by atoms with Crippen molar-refractivity contribution >= 4 is 7.82 Å². The highest BCUT2D eigenvalue weighted by molar-refractivity contribution is 7.48. The maximum atomic E-state index is 12.2. The lowest BCUT2D eigenvalue weighted by molar-refractivity contribution is 0.0898. The average molecular weight is 249 g/mol. The van der Waals surface area contributed by atoms with E-state index in [1.807, 2.05) is 13.0 Å². The molecule has 0 aromatic rings. The van der Waals surface area contributed by atoms with Gasteiger partial charge in [-0.2, -0.15) is 0 Å². The van der Waals surface area contributed by atoms with Gasteiger partial charge in [0.05, 0.1) is 20.7 Å². The van der Waals surface area contributed by atoms with Gasteiger partial charge in [0, 0.05) is 0 Å². The number of hydrogen-bond donors (Lipinski definition) is 0. The van der Waals surface area contributed by atoms with Gasteiger partial charge < -0.3 is 0 Å². The van der Waals surface area contributed by atoms with Crippen molar-refractivity contribution < 1.29 is 19.5 Å². The van der Waals surface area contributed by atoms with Crippen molar-refractivity contribution in [3.05, 3.63) is 12.2 Å². The van der Waals surface area contributed by atoms with Crippen LogP contribution in [0.25, 0.3) is 0 Å². The minimum absolute atomic E-state index is 0.229. The first-order valence-corrected chi connectivity index (χ1v) is 7.16. The van der Waals surface area contributed by atoms with Crippen LogP contribution in [0.1, 0.15) is 35.0 Å². The zero-order valence-corrected chi connectivity index (χ0v) is 11.0. The zero-order chi connectivity index (χ0) is 12.9. The van der Waals surface area contributed by atoms with Crippen LogP contribution in [-0.4, -0.2) is 19.3 Å². The molecule has 0 unspecified atom stereocenters. The summed E-state index contributed by atoms with van der Waals surface area (Å²) in [6.07, 6.45) is 3.60. The Balaban J connectivity index is 2.75. The zero-order valence-electron chi connectivity index (χ0n) is 11.1. The molecule has 2 atom stereocenters. The maximum Gasteiger partial charge on any atom is 0.475 e. The molecule has 0 aromatic heterocycles. The summed E-state index contributed by atoms with van der Waals surface area (Å²) in [5.74, 6) is 0.328. The second kappa shape index (κ2) is 6.55. The van der Waals surface area contributed by atoms with Gasteiger partial charge in [-0.05, 0) is 32.6 Å². The van der Waals surface area contributed by atoms with E-state index >= 15 is 0 Å². The minimum Gasteiger partial charge on any atom is -0.287 e. The van der Waals surface area contributed by atoms with Gasteiger partial charge >= 0.3 is 7.82 Å². The quantitative estimate of drug-likeness (QED) is 0.533. The van der Waals surface area contributed by atoms with Crippen LogP contribution in [0.2, 0.25) is 0 Å². The molecule has 94 valence electrons. The second-order valence-corrected chi connectivity index (χ2v) is 5.38. The van der Waals surface area contributed by atoms with Crippen LogP contribution in [0.3, 0.4) is 0 Å². The maximum absolute atomic E-state index is 12.2. The Morgan fingerprint density at radius 1 is 1.44 bits per heavy atom. The molecule has 0 fully saturated rings. The monoisotopic (exact) mass is 249 g/mol. The van der Waals surface area contributed by atoms with Crippen molar-refractivity contribution in [1.29, 1.82) is 0 Å². The molecule has 0 bridgehead atoms. The van der Waals surface area contributed by atoms with Gasteiger partial charge in [0.1, 0.15) is 0 Å². The molecule has 1 aliphatic carbocycles. The van der Waals surface area contributed by atoms with E-state index in [1.54, 1.807) is 19.9 Å². The van der Waals surface area contributed by atoms with Crippen LogP contribution in [-0.2, 0) is 18.1 Å². The molecule has 5 heteroatoms. The molecule has 0 amide bonds. The molecule has 1 aliphatic rings. The molecule has 0 saturated heterocycles. The van der Waals surface area contributed by atoms with E-state index in [4.69, 9.17) is 14.9 Å². The highest BCUT2D eigenvalue weighted by Gasteiger charge is 2.30. The molecule has 0 aromatic carbocycles. The lowest BCUT2D eigenvalue weighted by atomic mass is 9.95. The van der Waals surface area contributed by atoms with Crippen LogP contribution >= 0.6 is 7.82 Å². The number of phosphoric acid groups is 1. The third-order valence-electron chi connectivity index (χ3n) is 2.20. The van der Waals surface area contributed by atoms with Crippen LogP contribution in [0, 0.1) is 5.92 Å². The molecule has 0 aliphatic heterocycles.